The summed E-state index contributed by atoms with van der Waals surface area (Å²) in [5.74, 6) is 1.25. The highest BCUT2D eigenvalue weighted by Crippen LogP contribution is 2.32. The Labute approximate surface area is 161 Å². The molecule has 0 aliphatic carbocycles. The van der Waals surface area contributed by atoms with E-state index in [-0.39, 0.29) is 5.91 Å². The van der Waals surface area contributed by atoms with Crippen LogP contribution < -0.4 is 14.8 Å². The molecule has 0 spiro atoms. The highest BCUT2D eigenvalue weighted by molar-refractivity contribution is 6.32. The molecule has 0 aromatic heterocycles. The van der Waals surface area contributed by atoms with Crippen LogP contribution in [0.3, 0.4) is 0 Å². The van der Waals surface area contributed by atoms with E-state index in [4.69, 9.17) is 32.7 Å². The number of halogens is 2. The molecule has 0 unspecified atom stereocenters. The number of rotatable bonds is 5. The van der Waals surface area contributed by atoms with Crippen LogP contribution >= 0.6 is 23.2 Å². The van der Waals surface area contributed by atoms with Gasteiger partial charge in [-0.05, 0) is 48.5 Å². The summed E-state index contributed by atoms with van der Waals surface area (Å²) in [6.07, 6.45) is 0. The largest absolute Gasteiger partial charge is 0.496 e. The maximum Gasteiger partial charge on any atom is 0.259 e. The minimum absolute atomic E-state index is 0.334. The molecule has 0 saturated heterocycles. The van der Waals surface area contributed by atoms with Crippen LogP contribution in [0.2, 0.25) is 10.0 Å². The van der Waals surface area contributed by atoms with Gasteiger partial charge in [-0.3, -0.25) is 4.79 Å². The van der Waals surface area contributed by atoms with Gasteiger partial charge in [0.25, 0.3) is 5.91 Å². The molecular formula is C20H15Cl2NO3. The first kappa shape index (κ1) is 18.1. The normalized spacial score (nSPS) is 10.3. The third-order valence-corrected chi connectivity index (χ3v) is 4.10. The Balaban J connectivity index is 1.77. The standard InChI is InChI=1S/C20H15Cl2NO3/c1-25-18-9-7-13(21)11-16(18)20(24)23-14-8-10-19(17(22)12-14)26-15-5-3-2-4-6-15/h2-12H,1H3,(H,23,24). The van der Waals surface area contributed by atoms with Crippen LogP contribution in [-0.4, -0.2) is 13.0 Å². The van der Waals surface area contributed by atoms with Crippen LogP contribution in [-0.2, 0) is 0 Å². The monoisotopic (exact) mass is 387 g/mol. The lowest BCUT2D eigenvalue weighted by Crippen LogP contribution is -2.13. The number of hydrogen-bond acceptors (Lipinski definition) is 3. The number of anilines is 1. The molecule has 0 atom stereocenters. The molecule has 0 fully saturated rings. The molecule has 0 bridgehead atoms. The Morgan fingerprint density at radius 2 is 1.65 bits per heavy atom. The second-order valence-electron chi connectivity index (χ2n) is 5.36. The molecule has 4 nitrogen and oxygen atoms in total. The van der Waals surface area contributed by atoms with E-state index in [9.17, 15) is 4.79 Å². The molecule has 132 valence electrons. The van der Waals surface area contributed by atoms with Gasteiger partial charge in [-0.25, -0.2) is 0 Å². The Bertz CT molecular complexity index is 930. The number of para-hydroxylation sites is 1. The fraction of sp³-hybridized carbons (Fsp3) is 0.0500. The number of ether oxygens (including phenoxy) is 2. The Morgan fingerprint density at radius 3 is 2.35 bits per heavy atom. The van der Waals surface area contributed by atoms with Gasteiger partial charge in [0.2, 0.25) is 0 Å². The zero-order chi connectivity index (χ0) is 18.5. The van der Waals surface area contributed by atoms with E-state index in [1.807, 2.05) is 30.3 Å². The quantitative estimate of drug-likeness (QED) is 0.579. The molecule has 26 heavy (non-hydrogen) atoms. The van der Waals surface area contributed by atoms with Crippen molar-refractivity contribution in [1.29, 1.82) is 0 Å². The topological polar surface area (TPSA) is 47.6 Å². The number of hydrogen-bond donors (Lipinski definition) is 1. The van der Waals surface area contributed by atoms with E-state index in [0.717, 1.165) is 0 Å². The van der Waals surface area contributed by atoms with Gasteiger partial charge in [0.1, 0.15) is 17.2 Å². The van der Waals surface area contributed by atoms with Crippen molar-refractivity contribution in [1.82, 2.24) is 0 Å². The average Bonchev–Trinajstić information content (AvgIpc) is 2.65. The lowest BCUT2D eigenvalue weighted by atomic mass is 10.2. The maximum atomic E-state index is 12.5. The molecule has 3 aromatic rings. The van der Waals surface area contributed by atoms with E-state index < -0.39 is 0 Å². The average molecular weight is 388 g/mol. The minimum atomic E-state index is -0.350. The number of nitrogens with one attached hydrogen (secondary N) is 1. The van der Waals surface area contributed by atoms with Gasteiger partial charge in [0.15, 0.2) is 0 Å². The van der Waals surface area contributed by atoms with E-state index in [1.165, 1.54) is 7.11 Å². The van der Waals surface area contributed by atoms with Gasteiger partial charge in [-0.2, -0.15) is 0 Å². The minimum Gasteiger partial charge on any atom is -0.496 e. The molecule has 3 rings (SSSR count). The SMILES string of the molecule is COc1ccc(Cl)cc1C(=O)Nc1ccc(Oc2ccccc2)c(Cl)c1. The highest BCUT2D eigenvalue weighted by Gasteiger charge is 2.14. The molecule has 0 heterocycles. The van der Waals surface area contributed by atoms with Gasteiger partial charge in [0, 0.05) is 10.7 Å². The Morgan fingerprint density at radius 1 is 0.923 bits per heavy atom. The molecule has 6 heteroatoms. The first-order valence-electron chi connectivity index (χ1n) is 7.74. The molecule has 1 amide bonds. The highest BCUT2D eigenvalue weighted by atomic mass is 35.5. The van der Waals surface area contributed by atoms with Crippen LogP contribution in [0.15, 0.2) is 66.7 Å². The van der Waals surface area contributed by atoms with Gasteiger partial charge in [0.05, 0.1) is 17.7 Å². The predicted octanol–water partition coefficient (Wildman–Crippen LogP) is 6.05. The molecule has 0 aliphatic rings. The lowest BCUT2D eigenvalue weighted by Gasteiger charge is -2.12. The van der Waals surface area contributed by atoms with Crippen LogP contribution in [0.4, 0.5) is 5.69 Å². The first-order chi connectivity index (χ1) is 12.6. The first-order valence-corrected chi connectivity index (χ1v) is 8.50. The number of carbonyl (C=O) groups is 1. The third kappa shape index (κ3) is 4.28. The summed E-state index contributed by atoms with van der Waals surface area (Å²) in [5, 5.41) is 3.60. The van der Waals surface area contributed by atoms with Crippen molar-refractivity contribution in [2.24, 2.45) is 0 Å². The Hall–Kier alpha value is -2.69. The van der Waals surface area contributed by atoms with Crippen LogP contribution in [0.5, 0.6) is 17.2 Å². The number of amides is 1. The van der Waals surface area contributed by atoms with Crippen molar-refractivity contribution in [3.05, 3.63) is 82.3 Å². The molecular weight excluding hydrogens is 373 g/mol. The smallest absolute Gasteiger partial charge is 0.259 e. The van der Waals surface area contributed by atoms with E-state index in [0.29, 0.717) is 38.5 Å². The fourth-order valence-corrected chi connectivity index (χ4v) is 2.72. The number of benzene rings is 3. The van der Waals surface area contributed by atoms with Gasteiger partial charge in [-0.15, -0.1) is 0 Å². The van der Waals surface area contributed by atoms with Crippen molar-refractivity contribution >= 4 is 34.8 Å². The van der Waals surface area contributed by atoms with Crippen LogP contribution in [0.1, 0.15) is 10.4 Å². The molecule has 0 radical (unpaired) electrons. The van der Waals surface area contributed by atoms with Crippen molar-refractivity contribution in [2.75, 3.05) is 12.4 Å². The Kier molecular flexibility index (Phi) is 5.66. The molecule has 1 N–H and O–H groups in total. The van der Waals surface area contributed by atoms with Crippen LogP contribution in [0, 0.1) is 0 Å². The summed E-state index contributed by atoms with van der Waals surface area (Å²) in [5.41, 5.74) is 0.864. The molecule has 0 saturated carbocycles. The zero-order valence-corrected chi connectivity index (χ0v) is 15.3. The summed E-state index contributed by atoms with van der Waals surface area (Å²) in [6.45, 7) is 0. The summed E-state index contributed by atoms with van der Waals surface area (Å²) < 4.78 is 10.9. The van der Waals surface area contributed by atoms with Crippen molar-refractivity contribution in [3.63, 3.8) is 0 Å². The molecule has 3 aromatic carbocycles. The summed E-state index contributed by atoms with van der Waals surface area (Å²) >= 11 is 12.2. The molecule has 0 aliphatic heterocycles. The van der Waals surface area contributed by atoms with Gasteiger partial charge in [-0.1, -0.05) is 41.4 Å². The number of carbonyl (C=O) groups excluding carboxylic acids is 1. The van der Waals surface area contributed by atoms with E-state index >= 15 is 0 Å². The van der Waals surface area contributed by atoms with Crippen LogP contribution in [0.25, 0.3) is 0 Å². The summed E-state index contributed by atoms with van der Waals surface area (Å²) in [6, 6.07) is 19.2. The summed E-state index contributed by atoms with van der Waals surface area (Å²) in [7, 11) is 1.49. The second-order valence-corrected chi connectivity index (χ2v) is 6.20. The third-order valence-electron chi connectivity index (χ3n) is 3.57. The van der Waals surface area contributed by atoms with Crippen molar-refractivity contribution in [2.45, 2.75) is 0 Å². The lowest BCUT2D eigenvalue weighted by molar-refractivity contribution is 0.102. The maximum absolute atomic E-state index is 12.5. The number of methoxy groups -OCH3 is 1. The van der Waals surface area contributed by atoms with Crippen molar-refractivity contribution in [3.8, 4) is 17.2 Å². The van der Waals surface area contributed by atoms with Gasteiger partial charge < -0.3 is 14.8 Å². The second kappa shape index (κ2) is 8.13. The zero-order valence-electron chi connectivity index (χ0n) is 13.8. The fourth-order valence-electron chi connectivity index (χ4n) is 2.33. The van der Waals surface area contributed by atoms with E-state index in [2.05, 4.69) is 5.32 Å². The van der Waals surface area contributed by atoms with Gasteiger partial charge >= 0.3 is 0 Å². The summed E-state index contributed by atoms with van der Waals surface area (Å²) in [4.78, 5) is 12.5. The predicted molar refractivity (Wildman–Crippen MR) is 104 cm³/mol. The van der Waals surface area contributed by atoms with E-state index in [1.54, 1.807) is 36.4 Å². The van der Waals surface area contributed by atoms with Crippen molar-refractivity contribution < 1.29 is 14.3 Å².